The van der Waals surface area contributed by atoms with Crippen LogP contribution in [0.1, 0.15) is 0 Å². The summed E-state index contributed by atoms with van der Waals surface area (Å²) in [7, 11) is -0.245. The Kier molecular flexibility index (Phi) is 27.3. The highest BCUT2D eigenvalue weighted by Crippen LogP contribution is 2.40. The topological polar surface area (TPSA) is 0 Å². The van der Waals surface area contributed by atoms with Crippen molar-refractivity contribution in [3.05, 3.63) is 403 Å². The molecule has 0 aliphatic carbocycles. The molecule has 14 rings (SSSR count). The van der Waals surface area contributed by atoms with Gasteiger partial charge in [0.2, 0.25) is 0 Å². The van der Waals surface area contributed by atoms with E-state index in [1.165, 1.54) is 39.2 Å². The molecule has 0 aliphatic heterocycles. The lowest BCUT2D eigenvalue weighted by Gasteiger charge is -2.44. The van der Waals surface area contributed by atoms with Gasteiger partial charge in [-0.2, -0.15) is 0 Å². The fraction of sp³-hybridized carbons (Fsp3) is 0. The van der Waals surface area contributed by atoms with E-state index in [9.17, 15) is 105 Å². The lowest BCUT2D eigenvalue weighted by Crippen LogP contribution is -2.81. The predicted molar refractivity (Wildman–Crippen MR) is 386 cm³/mol. The molecule has 129 heavy (non-hydrogen) atoms. The Morgan fingerprint density at radius 1 is 0.124 bits per heavy atom. The largest absolute Gasteiger partial charge is 0.207 e. The van der Waals surface area contributed by atoms with E-state index in [2.05, 4.69) is 170 Å². The third-order valence-electron chi connectivity index (χ3n) is 19.7. The van der Waals surface area contributed by atoms with Crippen molar-refractivity contribution in [3.8, 4) is 0 Å². The van der Waals surface area contributed by atoms with Gasteiger partial charge in [-0.1, -0.05) is 84.6 Å². The fourth-order valence-electron chi connectivity index (χ4n) is 14.2. The van der Waals surface area contributed by atoms with Crippen LogP contribution in [-0.2, 0) is 21.8 Å². The molecule has 0 saturated carbocycles. The summed E-state index contributed by atoms with van der Waals surface area (Å²) in [6.45, 7) is 0. The summed E-state index contributed by atoms with van der Waals surface area (Å²) in [5.74, 6) is -143. The van der Waals surface area contributed by atoms with Crippen LogP contribution in [0.3, 0.4) is 0 Å². The summed E-state index contributed by atoms with van der Waals surface area (Å²) in [5.41, 5.74) is -28.7. The molecule has 0 aromatic heterocycles. The molecule has 668 valence electrons. The molecule has 0 aliphatic rings. The van der Waals surface area contributed by atoms with E-state index in [0.29, 0.717) is 0 Å². The van der Waals surface area contributed by atoms with Gasteiger partial charge in [-0.15, -0.1) is 43.7 Å². The van der Waals surface area contributed by atoms with E-state index in [-0.39, 0.29) is 21.8 Å². The molecule has 45 heteroatoms. The van der Waals surface area contributed by atoms with Gasteiger partial charge < -0.3 is 0 Å². The van der Waals surface area contributed by atoms with Gasteiger partial charge in [0.15, 0.2) is 169 Å². The van der Waals surface area contributed by atoms with Crippen molar-refractivity contribution in [2.45, 2.75) is 39.2 Å². The van der Waals surface area contributed by atoms with Crippen LogP contribution in [0.5, 0.6) is 0 Å². The second-order valence-corrected chi connectivity index (χ2v) is 31.7. The Morgan fingerprint density at radius 2 is 0.225 bits per heavy atom. The van der Waals surface area contributed by atoms with Crippen molar-refractivity contribution >= 4 is 89.5 Å². The zero-order valence-electron chi connectivity index (χ0n) is 61.7. The van der Waals surface area contributed by atoms with E-state index >= 15 is 70.2 Å². The molecule has 0 heterocycles. The van der Waals surface area contributed by atoms with Crippen molar-refractivity contribution in [1.82, 2.24) is 0 Å². The van der Waals surface area contributed by atoms with Crippen molar-refractivity contribution in [2.75, 3.05) is 0 Å². The zero-order valence-corrected chi connectivity index (χ0v) is 64.1. The molecule has 0 atom stereocenters. The molecule has 0 saturated heterocycles. The predicted octanol–water partition coefficient (Wildman–Crippen LogP) is 21.7. The summed E-state index contributed by atoms with van der Waals surface area (Å²) in [5, 5.41) is 0. The molecule has 0 nitrogen and oxygen atoms in total. The second-order valence-electron chi connectivity index (χ2n) is 26.5. The summed E-state index contributed by atoms with van der Waals surface area (Å²) in [6, 6.07) is 61.5. The molecule has 0 unspecified atom stereocenters. The average Bonchev–Trinajstić information content (AvgIpc) is 0.683. The Bertz CT molecular complexity index is 5560. The smallest absolute Gasteiger partial charge is 0.200 e. The maximum Gasteiger partial charge on any atom is 0.200 e. The Balaban J connectivity index is 0.000000176. The maximum absolute atomic E-state index is 15.4. The van der Waals surface area contributed by atoms with Crippen LogP contribution in [0.25, 0.3) is 0 Å². The molecule has 14 aromatic carbocycles. The standard InChI is InChI=1S/C36H28S3.2C24BF20/c1-5-13-31(14-6-1)38(32-15-7-2-8-16-32)35-25-21-29(22-26-35)37-30-23-27-36(28-24-30)39(33-17-9-3-10-18-33)34-19-11-4-12-20-34;2*26-5-1(6(27)14(35)21(42)13(5)34)25(2-7(28)15(36)22(43)16(37)8(2)29,3-9(30)17(38)23(44)18(39)10(3)31)4-11(32)19(40)24(45)20(41)12(4)33/h1-28H;;/q+2;2*-1. The van der Waals surface area contributed by atoms with Gasteiger partial charge >= 0.3 is 0 Å². The van der Waals surface area contributed by atoms with Gasteiger partial charge in [0.05, 0.1) is 21.8 Å². The molecule has 0 N–H and O–H groups in total. The van der Waals surface area contributed by atoms with Gasteiger partial charge in [-0.05, 0) is 97.1 Å². The molecular formula is C84H28B2F40S3. The Labute approximate surface area is 703 Å². The van der Waals surface area contributed by atoms with Crippen LogP contribution in [0.2, 0.25) is 0 Å². The highest BCUT2D eigenvalue weighted by molar-refractivity contribution is 7.99. The van der Waals surface area contributed by atoms with E-state index < -0.39 is 289 Å². The maximum atomic E-state index is 15.4. The van der Waals surface area contributed by atoms with Crippen LogP contribution in [0.4, 0.5) is 176 Å². The van der Waals surface area contributed by atoms with Gasteiger partial charge in [-0.3, -0.25) is 0 Å². The highest BCUT2D eigenvalue weighted by Gasteiger charge is 2.55. The Morgan fingerprint density at radius 3 is 0.341 bits per heavy atom. The number of benzene rings is 14. The van der Waals surface area contributed by atoms with Crippen LogP contribution >= 0.6 is 11.8 Å². The third-order valence-corrected chi connectivity index (χ3v) is 25.2. The minimum Gasteiger partial charge on any atom is -0.207 e. The fourth-order valence-corrected chi connectivity index (χ4v) is 19.2. The SMILES string of the molecule is Fc1c(F)c(F)c([B-](c2c(F)c(F)c(F)c(F)c2F)(c2c(F)c(F)c(F)c(F)c2F)c2c(F)c(F)c(F)c(F)c2F)c(F)c1F.Fc1c(F)c(F)c([B-](c2c(F)c(F)c(F)c(F)c2F)(c2c(F)c(F)c(F)c(F)c2F)c2c(F)c(F)c(F)c(F)c2F)c(F)c1F.c1ccc([S+](c2ccccc2)c2ccc(Sc3ccc([S+](c4ccccc4)c4ccccc4)cc3)cc2)cc1. The number of hydrogen-bond donors (Lipinski definition) is 0. The van der Waals surface area contributed by atoms with E-state index in [4.69, 9.17) is 0 Å². The summed E-state index contributed by atoms with van der Waals surface area (Å²) >= 11 is 1.82. The normalized spacial score (nSPS) is 11.7. The quantitative estimate of drug-likeness (QED) is 0.0305. The Hall–Kier alpha value is -12.5. The van der Waals surface area contributed by atoms with Crippen LogP contribution < -0.4 is 43.7 Å². The number of halogens is 40. The van der Waals surface area contributed by atoms with Gasteiger partial charge in [0.25, 0.3) is 0 Å². The van der Waals surface area contributed by atoms with E-state index in [0.717, 1.165) is 0 Å². The highest BCUT2D eigenvalue weighted by atomic mass is 32.2. The third kappa shape index (κ3) is 15.7. The molecule has 0 spiro atoms. The van der Waals surface area contributed by atoms with E-state index in [1.807, 2.05) is 11.8 Å². The van der Waals surface area contributed by atoms with Crippen LogP contribution in [0.15, 0.2) is 209 Å². The first kappa shape index (κ1) is 95.6. The zero-order chi connectivity index (χ0) is 95.0. The molecule has 0 amide bonds. The van der Waals surface area contributed by atoms with Crippen molar-refractivity contribution < 1.29 is 176 Å². The van der Waals surface area contributed by atoms with Crippen molar-refractivity contribution in [2.24, 2.45) is 0 Å². The van der Waals surface area contributed by atoms with Crippen molar-refractivity contribution in [1.29, 1.82) is 0 Å². The van der Waals surface area contributed by atoms with Crippen LogP contribution in [0, 0.1) is 233 Å². The van der Waals surface area contributed by atoms with Gasteiger partial charge in [0.1, 0.15) is 105 Å². The molecule has 14 aromatic rings. The lowest BCUT2D eigenvalue weighted by molar-refractivity contribution is 0.377. The first-order chi connectivity index (χ1) is 60.8. The minimum atomic E-state index is -7.22. The van der Waals surface area contributed by atoms with Crippen LogP contribution in [-0.4, -0.2) is 12.3 Å². The van der Waals surface area contributed by atoms with Crippen molar-refractivity contribution in [3.63, 3.8) is 0 Å². The average molecular weight is 1910 g/mol. The second kappa shape index (κ2) is 36.9. The molecule has 0 bridgehead atoms. The first-order valence-electron chi connectivity index (χ1n) is 34.8. The monoisotopic (exact) mass is 1910 g/mol. The molecule has 0 radical (unpaired) electrons. The summed E-state index contributed by atoms with van der Waals surface area (Å²) < 4.78 is 588. The lowest BCUT2D eigenvalue weighted by atomic mass is 9.12. The molecule has 0 fully saturated rings. The van der Waals surface area contributed by atoms with Gasteiger partial charge in [-0.25, -0.2) is 176 Å². The first-order valence-corrected chi connectivity index (χ1v) is 38.1. The van der Waals surface area contributed by atoms with Gasteiger partial charge in [0, 0.05) is 9.79 Å². The number of rotatable bonds is 16. The van der Waals surface area contributed by atoms with E-state index in [1.54, 1.807) is 0 Å². The number of hydrogen-bond acceptors (Lipinski definition) is 1. The summed E-state index contributed by atoms with van der Waals surface area (Å²) in [4.78, 5) is 10.5. The molecular weight excluding hydrogens is 1890 g/mol. The minimum absolute atomic E-state index is 0.123. The summed E-state index contributed by atoms with van der Waals surface area (Å²) in [6.07, 6.45) is -14.4.